The number of carbonyl (C=O) groups is 1. The second-order valence-corrected chi connectivity index (χ2v) is 4.58. The molecule has 0 saturated heterocycles. The Kier molecular flexibility index (Phi) is 5.62. The smallest absolute Gasteiger partial charge is 0.257 e. The van der Waals surface area contributed by atoms with Crippen LogP contribution in [0.5, 0.6) is 0 Å². The van der Waals surface area contributed by atoms with E-state index in [4.69, 9.17) is 4.74 Å². The number of nitrogens with zero attached hydrogens (tertiary/aromatic N) is 1. The Labute approximate surface area is 112 Å². The lowest BCUT2D eigenvalue weighted by Gasteiger charge is -2.27. The lowest BCUT2D eigenvalue weighted by Crippen LogP contribution is -2.41. The van der Waals surface area contributed by atoms with E-state index in [0.717, 1.165) is 0 Å². The van der Waals surface area contributed by atoms with Gasteiger partial charge in [-0.2, -0.15) is 0 Å². The Morgan fingerprint density at radius 2 is 2.22 bits per heavy atom. The summed E-state index contributed by atoms with van der Waals surface area (Å²) >= 11 is 4.12. The van der Waals surface area contributed by atoms with Crippen molar-refractivity contribution in [2.45, 2.75) is 24.8 Å². The van der Waals surface area contributed by atoms with Crippen molar-refractivity contribution >= 4 is 18.5 Å². The Morgan fingerprint density at radius 1 is 1.56 bits per heavy atom. The molecule has 0 saturated carbocycles. The second-order valence-electron chi connectivity index (χ2n) is 4.06. The van der Waals surface area contributed by atoms with Gasteiger partial charge >= 0.3 is 0 Å². The van der Waals surface area contributed by atoms with Gasteiger partial charge in [0.05, 0.1) is 18.2 Å². The topological polar surface area (TPSA) is 29.5 Å². The van der Waals surface area contributed by atoms with Crippen LogP contribution in [-0.4, -0.2) is 37.1 Å². The first-order chi connectivity index (χ1) is 8.51. The summed E-state index contributed by atoms with van der Waals surface area (Å²) in [5.41, 5.74) is 0.0484. The van der Waals surface area contributed by atoms with Gasteiger partial charge in [0.15, 0.2) is 0 Å². The highest BCUT2D eigenvalue weighted by atomic mass is 32.1. The lowest BCUT2D eigenvalue weighted by atomic mass is 10.1. The van der Waals surface area contributed by atoms with Crippen molar-refractivity contribution in [3.63, 3.8) is 0 Å². The summed E-state index contributed by atoms with van der Waals surface area (Å²) in [4.78, 5) is 14.4. The molecule has 0 fully saturated rings. The van der Waals surface area contributed by atoms with Crippen LogP contribution >= 0.6 is 12.6 Å². The number of carbonyl (C=O) groups excluding carboxylic acids is 1. The molecule has 100 valence electrons. The standard InChI is InChI=1S/C13H18FNO2S/c1-4-15(9(2)8-17-3)13(16)11-7-10(18)5-6-12(11)14/h5-7,9,18H,4,8H2,1-3H3. The van der Waals surface area contributed by atoms with Crippen LogP contribution in [0.4, 0.5) is 4.39 Å². The van der Waals surface area contributed by atoms with Crippen LogP contribution < -0.4 is 0 Å². The maximum absolute atomic E-state index is 13.7. The molecule has 1 aromatic rings. The van der Waals surface area contributed by atoms with Crippen LogP contribution in [0.25, 0.3) is 0 Å². The lowest BCUT2D eigenvalue weighted by molar-refractivity contribution is 0.0574. The minimum absolute atomic E-state index is 0.0484. The van der Waals surface area contributed by atoms with Crippen molar-refractivity contribution in [1.29, 1.82) is 0 Å². The first-order valence-corrected chi connectivity index (χ1v) is 6.24. The van der Waals surface area contributed by atoms with E-state index < -0.39 is 5.82 Å². The molecule has 3 nitrogen and oxygen atoms in total. The van der Waals surface area contributed by atoms with E-state index in [1.807, 2.05) is 13.8 Å². The molecule has 0 aromatic heterocycles. The zero-order valence-electron chi connectivity index (χ0n) is 10.8. The van der Waals surface area contributed by atoms with E-state index in [1.165, 1.54) is 18.2 Å². The number of ether oxygens (including phenoxy) is 1. The molecular formula is C13H18FNO2S. The molecule has 0 spiro atoms. The van der Waals surface area contributed by atoms with E-state index in [0.29, 0.717) is 18.0 Å². The van der Waals surface area contributed by atoms with Crippen molar-refractivity contribution in [3.05, 3.63) is 29.6 Å². The van der Waals surface area contributed by atoms with Gasteiger partial charge in [-0.05, 0) is 32.0 Å². The first kappa shape index (κ1) is 15.0. The molecule has 0 radical (unpaired) electrons. The number of rotatable bonds is 5. The first-order valence-electron chi connectivity index (χ1n) is 5.79. The zero-order chi connectivity index (χ0) is 13.7. The third kappa shape index (κ3) is 3.46. The highest BCUT2D eigenvalue weighted by Gasteiger charge is 2.22. The Balaban J connectivity index is 2.99. The summed E-state index contributed by atoms with van der Waals surface area (Å²) in [7, 11) is 1.57. The monoisotopic (exact) mass is 271 g/mol. The van der Waals surface area contributed by atoms with Crippen molar-refractivity contribution in [1.82, 2.24) is 4.90 Å². The summed E-state index contributed by atoms with van der Waals surface area (Å²) in [6, 6.07) is 4.12. The molecule has 0 bridgehead atoms. The van der Waals surface area contributed by atoms with E-state index in [2.05, 4.69) is 12.6 Å². The zero-order valence-corrected chi connectivity index (χ0v) is 11.7. The van der Waals surface area contributed by atoms with Crippen molar-refractivity contribution in [2.24, 2.45) is 0 Å². The maximum Gasteiger partial charge on any atom is 0.257 e. The summed E-state index contributed by atoms with van der Waals surface area (Å²) in [5.74, 6) is -0.865. The summed E-state index contributed by atoms with van der Waals surface area (Å²) in [5, 5.41) is 0. The Hall–Kier alpha value is -1.07. The molecule has 5 heteroatoms. The molecule has 1 atom stereocenters. The second kappa shape index (κ2) is 6.75. The largest absolute Gasteiger partial charge is 0.383 e. The molecule has 1 aromatic carbocycles. The Morgan fingerprint density at radius 3 is 2.78 bits per heavy atom. The third-order valence-corrected chi connectivity index (χ3v) is 3.00. The van der Waals surface area contributed by atoms with Gasteiger partial charge in [-0.25, -0.2) is 4.39 Å². The highest BCUT2D eigenvalue weighted by molar-refractivity contribution is 7.80. The van der Waals surface area contributed by atoms with E-state index in [1.54, 1.807) is 12.0 Å². The van der Waals surface area contributed by atoms with Crippen molar-refractivity contribution < 1.29 is 13.9 Å². The van der Waals surface area contributed by atoms with E-state index in [-0.39, 0.29) is 17.5 Å². The molecule has 0 N–H and O–H groups in total. The van der Waals surface area contributed by atoms with Crippen LogP contribution in [0.2, 0.25) is 0 Å². The SMILES string of the molecule is CCN(C(=O)c1cc(S)ccc1F)C(C)COC. The molecule has 1 amide bonds. The number of thiol groups is 1. The van der Waals surface area contributed by atoms with Gasteiger partial charge in [0.2, 0.25) is 0 Å². The molecule has 0 heterocycles. The van der Waals surface area contributed by atoms with Crippen molar-refractivity contribution in [3.8, 4) is 0 Å². The predicted octanol–water partition coefficient (Wildman–Crippen LogP) is 2.61. The van der Waals surface area contributed by atoms with Crippen LogP contribution in [0, 0.1) is 5.82 Å². The van der Waals surface area contributed by atoms with Crippen LogP contribution in [0.1, 0.15) is 24.2 Å². The predicted molar refractivity (Wildman–Crippen MR) is 71.7 cm³/mol. The number of hydrogen-bond acceptors (Lipinski definition) is 3. The van der Waals surface area contributed by atoms with Crippen LogP contribution in [0.3, 0.4) is 0 Å². The fourth-order valence-electron chi connectivity index (χ4n) is 1.82. The van der Waals surface area contributed by atoms with Crippen LogP contribution in [-0.2, 0) is 4.74 Å². The quantitative estimate of drug-likeness (QED) is 0.834. The molecule has 1 unspecified atom stereocenters. The molecule has 0 aliphatic carbocycles. The third-order valence-electron chi connectivity index (χ3n) is 2.72. The average molecular weight is 271 g/mol. The van der Waals surface area contributed by atoms with Crippen LogP contribution in [0.15, 0.2) is 23.1 Å². The Bertz CT molecular complexity index is 425. The fourth-order valence-corrected chi connectivity index (χ4v) is 2.02. The minimum Gasteiger partial charge on any atom is -0.383 e. The number of methoxy groups -OCH3 is 1. The molecule has 18 heavy (non-hydrogen) atoms. The van der Waals surface area contributed by atoms with Gasteiger partial charge in [0, 0.05) is 18.6 Å². The number of amides is 1. The summed E-state index contributed by atoms with van der Waals surface area (Å²) in [6.45, 7) is 4.64. The van der Waals surface area contributed by atoms with Gasteiger partial charge in [0.1, 0.15) is 5.82 Å². The van der Waals surface area contributed by atoms with Crippen molar-refractivity contribution in [2.75, 3.05) is 20.3 Å². The maximum atomic E-state index is 13.7. The van der Waals surface area contributed by atoms with Gasteiger partial charge in [-0.1, -0.05) is 0 Å². The molecule has 0 aliphatic rings. The summed E-state index contributed by atoms with van der Waals surface area (Å²) in [6.07, 6.45) is 0. The summed E-state index contributed by atoms with van der Waals surface area (Å²) < 4.78 is 18.7. The highest BCUT2D eigenvalue weighted by Crippen LogP contribution is 2.17. The molecule has 0 aliphatic heterocycles. The number of benzene rings is 1. The fraction of sp³-hybridized carbons (Fsp3) is 0.462. The van der Waals surface area contributed by atoms with E-state index in [9.17, 15) is 9.18 Å². The van der Waals surface area contributed by atoms with Gasteiger partial charge in [-0.15, -0.1) is 12.6 Å². The van der Waals surface area contributed by atoms with E-state index >= 15 is 0 Å². The molecule has 1 rings (SSSR count). The van der Waals surface area contributed by atoms with Gasteiger partial charge < -0.3 is 9.64 Å². The number of hydrogen-bond donors (Lipinski definition) is 1. The number of likely N-dealkylation sites (N-methyl/N-ethyl adjacent to an activating group) is 1. The average Bonchev–Trinajstić information content (AvgIpc) is 2.33. The number of halogens is 1. The van der Waals surface area contributed by atoms with Gasteiger partial charge in [-0.3, -0.25) is 4.79 Å². The van der Waals surface area contributed by atoms with Gasteiger partial charge in [0.25, 0.3) is 5.91 Å². The normalized spacial score (nSPS) is 12.3. The minimum atomic E-state index is -0.527. The molecular weight excluding hydrogens is 253 g/mol.